The first-order valence-electron chi connectivity index (χ1n) is 6.11. The van der Waals surface area contributed by atoms with Crippen LogP contribution >= 0.6 is 0 Å². The molecule has 0 spiro atoms. The molecule has 14 heavy (non-hydrogen) atoms. The zero-order valence-electron chi connectivity index (χ0n) is 10.00. The van der Waals surface area contributed by atoms with Gasteiger partial charge in [0.1, 0.15) is 0 Å². The van der Waals surface area contributed by atoms with Gasteiger partial charge in [0.2, 0.25) is 0 Å². The summed E-state index contributed by atoms with van der Waals surface area (Å²) in [6.45, 7) is 5.33. The second-order valence-electron chi connectivity index (χ2n) is 4.84. The predicted octanol–water partition coefficient (Wildman–Crippen LogP) is 2.23. The van der Waals surface area contributed by atoms with Crippen LogP contribution in [0.5, 0.6) is 0 Å². The minimum absolute atomic E-state index is 0.538. The Balaban J connectivity index is 2.42. The zero-order valence-corrected chi connectivity index (χ0v) is 10.00. The second-order valence-corrected chi connectivity index (χ2v) is 4.84. The summed E-state index contributed by atoms with van der Waals surface area (Å²) in [6, 6.07) is 1.32. The van der Waals surface area contributed by atoms with Crippen LogP contribution in [0.25, 0.3) is 0 Å². The van der Waals surface area contributed by atoms with Gasteiger partial charge < -0.3 is 5.73 Å². The van der Waals surface area contributed by atoms with Crippen molar-refractivity contribution in [1.82, 2.24) is 4.90 Å². The molecule has 1 fully saturated rings. The number of hydrogen-bond donors (Lipinski definition) is 1. The molecule has 0 saturated heterocycles. The topological polar surface area (TPSA) is 29.3 Å². The van der Waals surface area contributed by atoms with Gasteiger partial charge in [-0.2, -0.15) is 0 Å². The van der Waals surface area contributed by atoms with Crippen molar-refractivity contribution in [3.05, 3.63) is 0 Å². The van der Waals surface area contributed by atoms with Crippen LogP contribution in [-0.4, -0.2) is 30.6 Å². The van der Waals surface area contributed by atoms with E-state index >= 15 is 0 Å². The third-order valence-electron chi connectivity index (χ3n) is 3.94. The highest BCUT2D eigenvalue weighted by atomic mass is 15.2. The number of nitrogens with two attached hydrogens (primary N) is 1. The fourth-order valence-electron chi connectivity index (χ4n) is 2.53. The predicted molar refractivity (Wildman–Crippen MR) is 62.3 cm³/mol. The van der Waals surface area contributed by atoms with E-state index in [4.69, 9.17) is 5.73 Å². The van der Waals surface area contributed by atoms with Crippen LogP contribution in [0.15, 0.2) is 0 Å². The molecule has 0 amide bonds. The molecule has 1 rings (SSSR count). The van der Waals surface area contributed by atoms with Crippen LogP contribution in [-0.2, 0) is 0 Å². The highest BCUT2D eigenvalue weighted by Gasteiger charge is 2.25. The lowest BCUT2D eigenvalue weighted by molar-refractivity contribution is 0.123. The summed E-state index contributed by atoms with van der Waals surface area (Å²) in [4.78, 5) is 2.49. The summed E-state index contributed by atoms with van der Waals surface area (Å²) in [5.41, 5.74) is 5.71. The Labute approximate surface area is 88.8 Å². The van der Waals surface area contributed by atoms with Crippen molar-refractivity contribution >= 4 is 0 Å². The summed E-state index contributed by atoms with van der Waals surface area (Å²) in [7, 11) is 2.24. The zero-order chi connectivity index (χ0) is 10.6. The molecule has 2 heteroatoms. The van der Waals surface area contributed by atoms with E-state index in [1.54, 1.807) is 0 Å². The molecular weight excluding hydrogens is 172 g/mol. The van der Waals surface area contributed by atoms with Crippen molar-refractivity contribution in [1.29, 1.82) is 0 Å². The molecule has 84 valence electrons. The van der Waals surface area contributed by atoms with Crippen LogP contribution < -0.4 is 5.73 Å². The average molecular weight is 198 g/mol. The van der Waals surface area contributed by atoms with Crippen LogP contribution in [0, 0.1) is 5.92 Å². The third-order valence-corrected chi connectivity index (χ3v) is 3.94. The normalized spacial score (nSPS) is 30.6. The van der Waals surface area contributed by atoms with Crippen LogP contribution in [0.4, 0.5) is 0 Å². The Kier molecular flexibility index (Phi) is 4.90. The molecule has 0 radical (unpaired) electrons. The van der Waals surface area contributed by atoms with Gasteiger partial charge in [0.25, 0.3) is 0 Å². The van der Waals surface area contributed by atoms with Crippen LogP contribution in [0.2, 0.25) is 0 Å². The van der Waals surface area contributed by atoms with Gasteiger partial charge in [0.15, 0.2) is 0 Å². The maximum absolute atomic E-state index is 5.71. The number of hydrogen-bond acceptors (Lipinski definition) is 2. The minimum Gasteiger partial charge on any atom is -0.329 e. The van der Waals surface area contributed by atoms with Crippen LogP contribution in [0.1, 0.15) is 46.0 Å². The lowest BCUT2D eigenvalue weighted by Crippen LogP contribution is -2.44. The number of likely N-dealkylation sites (N-methyl/N-ethyl adjacent to an activating group) is 1. The fourth-order valence-corrected chi connectivity index (χ4v) is 2.53. The van der Waals surface area contributed by atoms with Gasteiger partial charge in [0.05, 0.1) is 0 Å². The second kappa shape index (κ2) is 5.72. The molecule has 3 atom stereocenters. The monoisotopic (exact) mass is 198 g/mol. The van der Waals surface area contributed by atoms with Gasteiger partial charge in [-0.25, -0.2) is 0 Å². The van der Waals surface area contributed by atoms with Crippen molar-refractivity contribution < 1.29 is 0 Å². The molecule has 0 heterocycles. The van der Waals surface area contributed by atoms with E-state index in [0.717, 1.165) is 18.5 Å². The molecule has 1 aliphatic rings. The molecule has 0 bridgehead atoms. The van der Waals surface area contributed by atoms with Gasteiger partial charge in [0, 0.05) is 18.6 Å². The Bertz CT molecular complexity index is 156. The van der Waals surface area contributed by atoms with E-state index in [1.165, 1.54) is 32.1 Å². The van der Waals surface area contributed by atoms with E-state index < -0.39 is 0 Å². The molecular formula is C12H26N2. The SMILES string of the molecule is CCC1CCCC(N(C)C(C)CN)C1. The van der Waals surface area contributed by atoms with E-state index in [1.807, 2.05) is 0 Å². The quantitative estimate of drug-likeness (QED) is 0.750. The minimum atomic E-state index is 0.538. The summed E-state index contributed by atoms with van der Waals surface area (Å²) in [5, 5.41) is 0. The first-order valence-corrected chi connectivity index (χ1v) is 6.11. The largest absolute Gasteiger partial charge is 0.329 e. The summed E-state index contributed by atoms with van der Waals surface area (Å²) in [6.07, 6.45) is 6.96. The Hall–Kier alpha value is -0.0800. The molecule has 1 aliphatic carbocycles. The van der Waals surface area contributed by atoms with E-state index in [9.17, 15) is 0 Å². The molecule has 0 aliphatic heterocycles. The van der Waals surface area contributed by atoms with Crippen molar-refractivity contribution in [3.63, 3.8) is 0 Å². The van der Waals surface area contributed by atoms with Gasteiger partial charge in [-0.1, -0.05) is 26.2 Å². The summed E-state index contributed by atoms with van der Waals surface area (Å²) < 4.78 is 0. The Morgan fingerprint density at radius 2 is 2.14 bits per heavy atom. The highest BCUT2D eigenvalue weighted by Crippen LogP contribution is 2.29. The van der Waals surface area contributed by atoms with Crippen molar-refractivity contribution in [2.24, 2.45) is 11.7 Å². The lowest BCUT2D eigenvalue weighted by atomic mass is 9.83. The van der Waals surface area contributed by atoms with Crippen molar-refractivity contribution in [2.75, 3.05) is 13.6 Å². The van der Waals surface area contributed by atoms with Crippen molar-refractivity contribution in [2.45, 2.75) is 58.0 Å². The smallest absolute Gasteiger partial charge is 0.0190 e. The first kappa shape index (κ1) is 12.0. The van der Waals surface area contributed by atoms with Gasteiger partial charge in [-0.05, 0) is 32.7 Å². The molecule has 3 unspecified atom stereocenters. The van der Waals surface area contributed by atoms with E-state index in [2.05, 4.69) is 25.8 Å². The lowest BCUT2D eigenvalue weighted by Gasteiger charge is -2.38. The molecule has 0 aromatic carbocycles. The summed E-state index contributed by atoms with van der Waals surface area (Å²) in [5.74, 6) is 0.959. The fraction of sp³-hybridized carbons (Fsp3) is 1.00. The first-order chi connectivity index (χ1) is 6.69. The van der Waals surface area contributed by atoms with E-state index in [0.29, 0.717) is 6.04 Å². The highest BCUT2D eigenvalue weighted by molar-refractivity contribution is 4.81. The standard InChI is InChI=1S/C12H26N2/c1-4-11-6-5-7-12(8-11)14(3)10(2)9-13/h10-12H,4-9,13H2,1-3H3. The van der Waals surface area contributed by atoms with Gasteiger partial charge >= 0.3 is 0 Å². The van der Waals surface area contributed by atoms with E-state index in [-0.39, 0.29) is 0 Å². The number of rotatable bonds is 4. The molecule has 0 aromatic rings. The third kappa shape index (κ3) is 2.96. The Morgan fingerprint density at radius 1 is 1.43 bits per heavy atom. The number of nitrogens with zero attached hydrogens (tertiary/aromatic N) is 1. The molecule has 2 nitrogen and oxygen atoms in total. The summed E-state index contributed by atoms with van der Waals surface area (Å²) >= 11 is 0. The average Bonchev–Trinajstić information content (AvgIpc) is 2.27. The molecule has 2 N–H and O–H groups in total. The van der Waals surface area contributed by atoms with Gasteiger partial charge in [-0.15, -0.1) is 0 Å². The Morgan fingerprint density at radius 3 is 2.71 bits per heavy atom. The maximum atomic E-state index is 5.71. The van der Waals surface area contributed by atoms with Crippen LogP contribution in [0.3, 0.4) is 0 Å². The van der Waals surface area contributed by atoms with Crippen molar-refractivity contribution in [3.8, 4) is 0 Å². The van der Waals surface area contributed by atoms with Gasteiger partial charge in [-0.3, -0.25) is 4.90 Å². The maximum Gasteiger partial charge on any atom is 0.0190 e. The molecule has 0 aromatic heterocycles. The molecule has 1 saturated carbocycles.